The maximum absolute atomic E-state index is 13.1. The molecule has 1 fully saturated rings. The highest BCUT2D eigenvalue weighted by Gasteiger charge is 2.54. The van der Waals surface area contributed by atoms with Gasteiger partial charge in [0.25, 0.3) is 0 Å². The highest BCUT2D eigenvalue weighted by atomic mass is 19.4. The van der Waals surface area contributed by atoms with E-state index in [-0.39, 0.29) is 17.2 Å². The van der Waals surface area contributed by atoms with Gasteiger partial charge in [-0.05, 0) is 37.1 Å². The second-order valence-electron chi connectivity index (χ2n) is 8.02. The second-order valence-corrected chi connectivity index (χ2v) is 8.02. The van der Waals surface area contributed by atoms with E-state index in [2.05, 4.69) is 20.3 Å². The number of aryl methyl sites for hydroxylation is 1. The molecule has 2 aliphatic rings. The molecule has 0 radical (unpaired) electrons. The van der Waals surface area contributed by atoms with Crippen LogP contribution in [0.3, 0.4) is 0 Å². The number of pyridine rings is 3. The molecule has 3 aromatic heterocycles. The van der Waals surface area contributed by atoms with Crippen LogP contribution < -0.4 is 10.2 Å². The number of alkyl halides is 3. The minimum absolute atomic E-state index is 0.0810. The van der Waals surface area contributed by atoms with Crippen molar-refractivity contribution in [2.45, 2.75) is 37.6 Å². The van der Waals surface area contributed by atoms with Crippen LogP contribution in [0.4, 0.5) is 29.5 Å². The maximum atomic E-state index is 13.1. The summed E-state index contributed by atoms with van der Waals surface area (Å²) in [5.74, 6) is 0.243. The summed E-state index contributed by atoms with van der Waals surface area (Å²) in [7, 11) is 0. The van der Waals surface area contributed by atoms with Crippen LogP contribution in [0.1, 0.15) is 29.0 Å². The average molecular weight is 441 g/mol. The average Bonchev–Trinajstić information content (AvgIpc) is 3.01. The van der Waals surface area contributed by atoms with Gasteiger partial charge in [-0.25, -0.2) is 9.78 Å². The van der Waals surface area contributed by atoms with Gasteiger partial charge in [-0.3, -0.25) is 14.9 Å². The van der Waals surface area contributed by atoms with Gasteiger partial charge in [0, 0.05) is 35.6 Å². The SMILES string of the molecule is Cc1cncc(NC(=O)N2c3nc(-c4cncc(C(F)(F)F)c4)ccc3C3C[C@@H](O)C32)c1. The Morgan fingerprint density at radius 2 is 1.94 bits per heavy atom. The van der Waals surface area contributed by atoms with E-state index in [0.29, 0.717) is 17.9 Å². The Morgan fingerprint density at radius 3 is 2.66 bits per heavy atom. The highest BCUT2D eigenvalue weighted by molar-refractivity contribution is 6.04. The Labute approximate surface area is 181 Å². The predicted octanol–water partition coefficient (Wildman–Crippen LogP) is 4.13. The Balaban J connectivity index is 1.52. The number of fused-ring (bicyclic) bond motifs is 3. The van der Waals surface area contributed by atoms with Crippen LogP contribution in [-0.2, 0) is 6.18 Å². The molecule has 2 unspecified atom stereocenters. The molecule has 3 atom stereocenters. The fraction of sp³-hybridized carbons (Fsp3) is 0.273. The zero-order valence-electron chi connectivity index (χ0n) is 16.8. The Kier molecular flexibility index (Phi) is 4.63. The molecule has 32 heavy (non-hydrogen) atoms. The molecule has 1 aliphatic heterocycles. The van der Waals surface area contributed by atoms with E-state index in [1.165, 1.54) is 17.3 Å². The summed E-state index contributed by atoms with van der Waals surface area (Å²) in [5, 5.41) is 13.1. The number of urea groups is 1. The van der Waals surface area contributed by atoms with Gasteiger partial charge in [0.2, 0.25) is 0 Å². The third kappa shape index (κ3) is 3.36. The summed E-state index contributed by atoms with van der Waals surface area (Å²) >= 11 is 0. The molecule has 0 spiro atoms. The van der Waals surface area contributed by atoms with Gasteiger partial charge in [-0.2, -0.15) is 13.2 Å². The van der Waals surface area contributed by atoms with Gasteiger partial charge < -0.3 is 10.4 Å². The molecule has 10 heteroatoms. The van der Waals surface area contributed by atoms with E-state index in [0.717, 1.165) is 23.4 Å². The molecule has 0 bridgehead atoms. The lowest BCUT2D eigenvalue weighted by Crippen LogP contribution is -2.55. The minimum atomic E-state index is -4.53. The number of halogens is 3. The molecular weight excluding hydrogens is 423 g/mol. The largest absolute Gasteiger partial charge is 0.417 e. The molecule has 2 N–H and O–H groups in total. The predicted molar refractivity (Wildman–Crippen MR) is 110 cm³/mol. The number of nitrogens with zero attached hydrogens (tertiary/aromatic N) is 4. The zero-order chi connectivity index (χ0) is 22.6. The molecule has 1 saturated carbocycles. The molecule has 0 aromatic carbocycles. The molecule has 1 aliphatic carbocycles. The maximum Gasteiger partial charge on any atom is 0.417 e. The third-order valence-corrected chi connectivity index (χ3v) is 5.84. The van der Waals surface area contributed by atoms with Crippen molar-refractivity contribution in [2.24, 2.45) is 0 Å². The van der Waals surface area contributed by atoms with Gasteiger partial charge >= 0.3 is 12.2 Å². The summed E-state index contributed by atoms with van der Waals surface area (Å²) < 4.78 is 39.3. The van der Waals surface area contributed by atoms with Crippen molar-refractivity contribution in [1.82, 2.24) is 15.0 Å². The van der Waals surface area contributed by atoms with Gasteiger partial charge in [0.1, 0.15) is 5.82 Å². The number of hydrogen-bond donors (Lipinski definition) is 2. The molecule has 3 aromatic rings. The number of carbonyl (C=O) groups is 1. The monoisotopic (exact) mass is 441 g/mol. The summed E-state index contributed by atoms with van der Waals surface area (Å²) in [6, 6.07) is 5.13. The van der Waals surface area contributed by atoms with Crippen LogP contribution in [0.15, 0.2) is 49.1 Å². The van der Waals surface area contributed by atoms with Crippen LogP contribution >= 0.6 is 0 Å². The molecule has 164 valence electrons. The number of carbonyl (C=O) groups excluding carboxylic acids is 1. The van der Waals surface area contributed by atoms with Gasteiger partial charge in [-0.1, -0.05) is 6.07 Å². The smallest absolute Gasteiger partial charge is 0.391 e. The van der Waals surface area contributed by atoms with Gasteiger partial charge in [-0.15, -0.1) is 0 Å². The molecule has 5 rings (SSSR count). The van der Waals surface area contributed by atoms with Crippen molar-refractivity contribution in [3.63, 3.8) is 0 Å². The Morgan fingerprint density at radius 1 is 1.16 bits per heavy atom. The van der Waals surface area contributed by atoms with Crippen LogP contribution in [0.2, 0.25) is 0 Å². The second kappa shape index (κ2) is 7.27. The number of hydrogen-bond acceptors (Lipinski definition) is 5. The number of amides is 2. The van der Waals surface area contributed by atoms with Crippen molar-refractivity contribution in [3.05, 3.63) is 65.7 Å². The summed E-state index contributed by atoms with van der Waals surface area (Å²) in [5.41, 5.74) is 1.70. The summed E-state index contributed by atoms with van der Waals surface area (Å²) in [6.45, 7) is 1.84. The topological polar surface area (TPSA) is 91.2 Å². The molecular formula is C22H18F3N5O2. The number of aliphatic hydroxyl groups is 1. The van der Waals surface area contributed by atoms with Crippen molar-refractivity contribution < 1.29 is 23.1 Å². The molecule has 2 amide bonds. The standard InChI is InChI=1S/C22H18F3N5O2/c1-11-4-14(10-26-7-11)28-21(32)30-19-16(6-18(19)31)15-2-3-17(29-20(15)30)12-5-13(9-27-8-12)22(23,24)25/h2-5,7-10,16,18-19,31H,6H2,1H3,(H,28,32)/t16?,18-,19?/m1/s1. The van der Waals surface area contributed by atoms with E-state index < -0.39 is 29.9 Å². The van der Waals surface area contributed by atoms with Crippen molar-refractivity contribution in [1.29, 1.82) is 0 Å². The summed E-state index contributed by atoms with van der Waals surface area (Å²) in [6.07, 6.45) is 0.456. The van der Waals surface area contributed by atoms with E-state index in [1.807, 2.05) is 6.92 Å². The van der Waals surface area contributed by atoms with Crippen molar-refractivity contribution >= 4 is 17.5 Å². The van der Waals surface area contributed by atoms with Crippen LogP contribution in [0.25, 0.3) is 11.3 Å². The van der Waals surface area contributed by atoms with Crippen molar-refractivity contribution in [3.8, 4) is 11.3 Å². The first-order valence-corrected chi connectivity index (χ1v) is 9.96. The molecule has 0 saturated heterocycles. The lowest BCUT2D eigenvalue weighted by molar-refractivity contribution is -0.137. The quantitative estimate of drug-likeness (QED) is 0.624. The lowest BCUT2D eigenvalue weighted by atomic mass is 9.75. The van der Waals surface area contributed by atoms with E-state index >= 15 is 0 Å². The van der Waals surface area contributed by atoms with Crippen LogP contribution in [0.5, 0.6) is 0 Å². The Hall–Kier alpha value is -3.53. The van der Waals surface area contributed by atoms with Crippen LogP contribution in [-0.4, -0.2) is 38.2 Å². The molecule has 4 heterocycles. The normalized spacial score (nSPS) is 21.5. The van der Waals surface area contributed by atoms with Gasteiger partial charge in [0.15, 0.2) is 0 Å². The first-order chi connectivity index (χ1) is 15.2. The van der Waals surface area contributed by atoms with E-state index in [4.69, 9.17) is 0 Å². The summed E-state index contributed by atoms with van der Waals surface area (Å²) in [4.78, 5) is 26.8. The van der Waals surface area contributed by atoms with Crippen molar-refractivity contribution in [2.75, 3.05) is 10.2 Å². The number of anilines is 2. The van der Waals surface area contributed by atoms with E-state index in [9.17, 15) is 23.1 Å². The Bertz CT molecular complexity index is 1220. The number of aromatic nitrogens is 3. The number of rotatable bonds is 2. The number of nitrogens with one attached hydrogen (secondary N) is 1. The molecule has 7 nitrogen and oxygen atoms in total. The van der Waals surface area contributed by atoms with Crippen LogP contribution in [0, 0.1) is 6.92 Å². The first-order valence-electron chi connectivity index (χ1n) is 9.96. The lowest BCUT2D eigenvalue weighted by Gasteiger charge is -2.40. The highest BCUT2D eigenvalue weighted by Crippen LogP contribution is 2.51. The third-order valence-electron chi connectivity index (χ3n) is 5.84. The first kappa shape index (κ1) is 20.4. The van der Waals surface area contributed by atoms with E-state index in [1.54, 1.807) is 24.4 Å². The van der Waals surface area contributed by atoms with Gasteiger partial charge in [0.05, 0.1) is 35.3 Å². The number of aliphatic hydroxyl groups excluding tert-OH is 1. The zero-order valence-corrected chi connectivity index (χ0v) is 16.8. The fourth-order valence-corrected chi connectivity index (χ4v) is 4.29. The fourth-order valence-electron chi connectivity index (χ4n) is 4.29. The minimum Gasteiger partial charge on any atom is -0.391 e.